The lowest BCUT2D eigenvalue weighted by molar-refractivity contribution is -0.133. The van der Waals surface area contributed by atoms with Crippen LogP contribution in [0.15, 0.2) is 34.9 Å². The highest BCUT2D eigenvalue weighted by atomic mass is 16.5. The van der Waals surface area contributed by atoms with Gasteiger partial charge in [0.1, 0.15) is 5.76 Å². The molecule has 10 nitrogen and oxygen atoms in total. The van der Waals surface area contributed by atoms with E-state index in [1.54, 1.807) is 19.1 Å². The SMILES string of the molecule is Cc1cc(NC(=O)CN(C)C(=O)CCNC(=O)c2n[nH]c3ccccc23)no1. The number of carbonyl (C=O) groups excluding carboxylic acids is 3. The predicted octanol–water partition coefficient (Wildman–Crippen LogP) is 1.08. The summed E-state index contributed by atoms with van der Waals surface area (Å²) in [6, 6.07) is 8.86. The Morgan fingerprint density at radius 3 is 2.79 bits per heavy atom. The van der Waals surface area contributed by atoms with Crippen LogP contribution in [0.1, 0.15) is 22.7 Å². The Hall–Kier alpha value is -3.69. The van der Waals surface area contributed by atoms with Gasteiger partial charge in [-0.05, 0) is 13.0 Å². The number of aryl methyl sites for hydroxylation is 1. The highest BCUT2D eigenvalue weighted by molar-refractivity contribution is 6.04. The van der Waals surface area contributed by atoms with Crippen molar-refractivity contribution in [2.45, 2.75) is 13.3 Å². The lowest BCUT2D eigenvalue weighted by Crippen LogP contribution is -2.37. The first-order valence-electron chi connectivity index (χ1n) is 8.62. The summed E-state index contributed by atoms with van der Waals surface area (Å²) in [5, 5.41) is 16.4. The van der Waals surface area contributed by atoms with E-state index in [1.807, 2.05) is 18.2 Å². The Kier molecular flexibility index (Phi) is 5.68. The van der Waals surface area contributed by atoms with E-state index in [4.69, 9.17) is 4.52 Å². The zero-order valence-corrected chi connectivity index (χ0v) is 15.5. The van der Waals surface area contributed by atoms with E-state index in [0.29, 0.717) is 17.0 Å². The highest BCUT2D eigenvalue weighted by Crippen LogP contribution is 2.14. The summed E-state index contributed by atoms with van der Waals surface area (Å²) in [6.07, 6.45) is 0.0565. The molecule has 3 aromatic rings. The van der Waals surface area contributed by atoms with Gasteiger partial charge in [0.15, 0.2) is 11.5 Å². The number of para-hydroxylation sites is 1. The fraction of sp³-hybridized carbons (Fsp3) is 0.278. The summed E-state index contributed by atoms with van der Waals surface area (Å²) in [6.45, 7) is 1.70. The number of hydrogen-bond donors (Lipinski definition) is 3. The van der Waals surface area contributed by atoms with Gasteiger partial charge in [0, 0.05) is 31.5 Å². The summed E-state index contributed by atoms with van der Waals surface area (Å²) in [5.74, 6) is -0.177. The third-order valence-electron chi connectivity index (χ3n) is 4.01. The van der Waals surface area contributed by atoms with E-state index in [9.17, 15) is 14.4 Å². The number of nitrogens with zero attached hydrogens (tertiary/aromatic N) is 3. The van der Waals surface area contributed by atoms with Crippen molar-refractivity contribution in [3.63, 3.8) is 0 Å². The quantitative estimate of drug-likeness (QED) is 0.558. The molecular weight excluding hydrogens is 364 g/mol. The molecule has 1 aromatic carbocycles. The van der Waals surface area contributed by atoms with Crippen LogP contribution in [-0.2, 0) is 9.59 Å². The molecule has 0 unspecified atom stereocenters. The number of H-pyrrole nitrogens is 1. The molecule has 0 radical (unpaired) electrons. The van der Waals surface area contributed by atoms with Gasteiger partial charge in [0.05, 0.1) is 12.1 Å². The van der Waals surface area contributed by atoms with Gasteiger partial charge in [0.2, 0.25) is 11.8 Å². The molecule has 146 valence electrons. The minimum absolute atomic E-state index is 0.0565. The minimum atomic E-state index is -0.392. The number of aromatic nitrogens is 3. The van der Waals surface area contributed by atoms with Crippen LogP contribution in [0.3, 0.4) is 0 Å². The first-order chi connectivity index (χ1) is 13.4. The second kappa shape index (κ2) is 8.33. The Labute approximate surface area is 160 Å². The standard InChI is InChI=1S/C18H20N6O4/c1-11-9-14(23-28-11)20-15(25)10-24(2)16(26)7-8-19-18(27)17-12-5-3-4-6-13(12)21-22-17/h3-6,9H,7-8,10H2,1-2H3,(H,19,27)(H,21,22)(H,20,23,25). The number of likely N-dealkylation sites (N-methyl/N-ethyl adjacent to an activating group) is 1. The second-order valence-electron chi connectivity index (χ2n) is 6.24. The van der Waals surface area contributed by atoms with Crippen molar-refractivity contribution in [3.05, 3.63) is 41.8 Å². The molecule has 0 aliphatic heterocycles. The zero-order valence-electron chi connectivity index (χ0n) is 15.5. The van der Waals surface area contributed by atoms with Gasteiger partial charge in [-0.1, -0.05) is 23.4 Å². The minimum Gasteiger partial charge on any atom is -0.360 e. The first kappa shape index (κ1) is 19.1. The summed E-state index contributed by atoms with van der Waals surface area (Å²) in [7, 11) is 1.51. The van der Waals surface area contributed by atoms with Gasteiger partial charge < -0.3 is 20.1 Å². The molecule has 0 atom stereocenters. The molecule has 0 saturated heterocycles. The number of fused-ring (bicyclic) bond motifs is 1. The van der Waals surface area contributed by atoms with Crippen molar-refractivity contribution < 1.29 is 18.9 Å². The van der Waals surface area contributed by atoms with Crippen molar-refractivity contribution in [3.8, 4) is 0 Å². The molecule has 3 amide bonds. The van der Waals surface area contributed by atoms with Crippen molar-refractivity contribution in [2.75, 3.05) is 25.5 Å². The first-order valence-corrected chi connectivity index (χ1v) is 8.62. The molecule has 2 heterocycles. The van der Waals surface area contributed by atoms with Crippen LogP contribution in [0.25, 0.3) is 10.9 Å². The van der Waals surface area contributed by atoms with Crippen LogP contribution < -0.4 is 10.6 Å². The smallest absolute Gasteiger partial charge is 0.272 e. The van der Waals surface area contributed by atoms with Crippen LogP contribution in [-0.4, -0.2) is 58.1 Å². The van der Waals surface area contributed by atoms with E-state index in [-0.39, 0.29) is 37.0 Å². The van der Waals surface area contributed by atoms with Crippen LogP contribution in [0, 0.1) is 6.92 Å². The Morgan fingerprint density at radius 2 is 2.04 bits per heavy atom. The molecule has 10 heteroatoms. The zero-order chi connectivity index (χ0) is 20.1. The average molecular weight is 384 g/mol. The maximum Gasteiger partial charge on any atom is 0.272 e. The number of carbonyl (C=O) groups is 3. The number of anilines is 1. The number of amides is 3. The highest BCUT2D eigenvalue weighted by Gasteiger charge is 2.16. The molecule has 0 bridgehead atoms. The van der Waals surface area contributed by atoms with Crippen LogP contribution >= 0.6 is 0 Å². The van der Waals surface area contributed by atoms with E-state index >= 15 is 0 Å². The Bertz CT molecular complexity index is 1010. The fourth-order valence-electron chi connectivity index (χ4n) is 2.61. The third kappa shape index (κ3) is 4.53. The summed E-state index contributed by atoms with van der Waals surface area (Å²) < 4.78 is 4.86. The fourth-order valence-corrected chi connectivity index (χ4v) is 2.61. The summed E-state index contributed by atoms with van der Waals surface area (Å²) >= 11 is 0. The van der Waals surface area contributed by atoms with E-state index < -0.39 is 5.91 Å². The topological polar surface area (TPSA) is 133 Å². The molecule has 0 saturated carbocycles. The van der Waals surface area contributed by atoms with E-state index in [0.717, 1.165) is 5.52 Å². The van der Waals surface area contributed by atoms with Crippen LogP contribution in [0.2, 0.25) is 0 Å². The molecule has 0 fully saturated rings. The van der Waals surface area contributed by atoms with Crippen molar-refractivity contribution in [2.24, 2.45) is 0 Å². The monoisotopic (exact) mass is 384 g/mol. The maximum absolute atomic E-state index is 12.3. The maximum atomic E-state index is 12.3. The summed E-state index contributed by atoms with van der Waals surface area (Å²) in [4.78, 5) is 37.6. The lowest BCUT2D eigenvalue weighted by Gasteiger charge is -2.16. The van der Waals surface area contributed by atoms with E-state index in [2.05, 4.69) is 26.0 Å². The van der Waals surface area contributed by atoms with Crippen molar-refractivity contribution >= 4 is 34.4 Å². The Balaban J connectivity index is 1.44. The van der Waals surface area contributed by atoms with Crippen molar-refractivity contribution in [1.29, 1.82) is 0 Å². The molecule has 0 spiro atoms. The number of benzene rings is 1. The van der Waals surface area contributed by atoms with Gasteiger partial charge in [-0.25, -0.2) is 0 Å². The van der Waals surface area contributed by atoms with Crippen molar-refractivity contribution in [1.82, 2.24) is 25.6 Å². The van der Waals surface area contributed by atoms with Gasteiger partial charge in [-0.15, -0.1) is 0 Å². The number of hydrogen-bond acceptors (Lipinski definition) is 6. The molecular formula is C18H20N6O4. The van der Waals surface area contributed by atoms with Crippen LogP contribution in [0.5, 0.6) is 0 Å². The number of nitrogens with one attached hydrogen (secondary N) is 3. The second-order valence-corrected chi connectivity index (χ2v) is 6.24. The van der Waals surface area contributed by atoms with Crippen LogP contribution in [0.4, 0.5) is 5.82 Å². The van der Waals surface area contributed by atoms with Gasteiger partial charge >= 0.3 is 0 Å². The Morgan fingerprint density at radius 1 is 1.25 bits per heavy atom. The molecule has 3 N–H and O–H groups in total. The van der Waals surface area contributed by atoms with E-state index in [1.165, 1.54) is 11.9 Å². The molecule has 28 heavy (non-hydrogen) atoms. The number of aromatic amines is 1. The molecule has 0 aliphatic rings. The molecule has 0 aliphatic carbocycles. The molecule has 3 rings (SSSR count). The van der Waals surface area contributed by atoms with Gasteiger partial charge in [-0.3, -0.25) is 19.5 Å². The third-order valence-corrected chi connectivity index (χ3v) is 4.01. The largest absolute Gasteiger partial charge is 0.360 e. The normalized spacial score (nSPS) is 10.6. The molecule has 2 aromatic heterocycles. The van der Waals surface area contributed by atoms with Gasteiger partial charge in [0.25, 0.3) is 5.91 Å². The summed E-state index contributed by atoms with van der Waals surface area (Å²) in [5.41, 5.74) is 1.04. The average Bonchev–Trinajstić information content (AvgIpc) is 3.27. The number of rotatable bonds is 7. The predicted molar refractivity (Wildman–Crippen MR) is 101 cm³/mol. The lowest BCUT2D eigenvalue weighted by atomic mass is 10.2. The van der Waals surface area contributed by atoms with Gasteiger partial charge in [-0.2, -0.15) is 5.10 Å².